The van der Waals surface area contributed by atoms with Gasteiger partial charge in [0.05, 0.1) is 5.75 Å². The molecule has 2 aromatic rings. The Balaban J connectivity index is 1.96. The van der Waals surface area contributed by atoms with E-state index in [0.29, 0.717) is 18.8 Å². The minimum atomic E-state index is -3.88. The van der Waals surface area contributed by atoms with Crippen molar-refractivity contribution in [3.63, 3.8) is 0 Å². The Hall–Kier alpha value is -1.80. The summed E-state index contributed by atoms with van der Waals surface area (Å²) < 4.78 is 36.2. The smallest absolute Gasteiger partial charge is 0.265 e. The lowest BCUT2D eigenvalue weighted by Gasteiger charge is -1.97. The van der Waals surface area contributed by atoms with Crippen molar-refractivity contribution in [1.82, 2.24) is 10.1 Å². The van der Waals surface area contributed by atoms with Crippen LogP contribution < -0.4 is 4.57 Å². The summed E-state index contributed by atoms with van der Waals surface area (Å²) in [4.78, 5) is 3.91. The van der Waals surface area contributed by atoms with Gasteiger partial charge in [0.2, 0.25) is 12.2 Å². The van der Waals surface area contributed by atoms with E-state index in [9.17, 15) is 8.42 Å². The molecule has 8 heteroatoms. The Kier molecular flexibility index (Phi) is 3.68. The summed E-state index contributed by atoms with van der Waals surface area (Å²) in [6.07, 6.45) is 5.18. The molecule has 0 aliphatic rings. The van der Waals surface area contributed by atoms with E-state index in [1.165, 1.54) is 6.39 Å². The van der Waals surface area contributed by atoms with E-state index in [4.69, 9.17) is 4.55 Å². The number of pyridine rings is 1. The van der Waals surface area contributed by atoms with Gasteiger partial charge in [0.15, 0.2) is 12.4 Å². The average molecular weight is 270 g/mol. The van der Waals surface area contributed by atoms with Gasteiger partial charge in [0.1, 0.15) is 6.54 Å². The molecule has 0 bridgehead atoms. The van der Waals surface area contributed by atoms with E-state index in [0.717, 1.165) is 5.56 Å². The summed E-state index contributed by atoms with van der Waals surface area (Å²) in [5.41, 5.74) is 0.815. The molecule has 0 spiro atoms. The van der Waals surface area contributed by atoms with Crippen molar-refractivity contribution in [3.8, 4) is 11.4 Å². The number of aromatic nitrogens is 3. The minimum absolute atomic E-state index is 0.243. The largest absolute Gasteiger partial charge is 0.342 e. The highest BCUT2D eigenvalue weighted by Crippen LogP contribution is 2.10. The van der Waals surface area contributed by atoms with Gasteiger partial charge in [-0.2, -0.15) is 13.4 Å². The van der Waals surface area contributed by atoms with Gasteiger partial charge in [-0.1, -0.05) is 5.16 Å². The van der Waals surface area contributed by atoms with E-state index >= 15 is 0 Å². The SMILES string of the molecule is O=S(=O)(O)CCC[n+]1ccc(-c2ncon2)cc1. The lowest BCUT2D eigenvalue weighted by molar-refractivity contribution is -0.696. The van der Waals surface area contributed by atoms with Gasteiger partial charge < -0.3 is 4.52 Å². The molecule has 7 nitrogen and oxygen atoms in total. The minimum Gasteiger partial charge on any atom is -0.342 e. The summed E-state index contributed by atoms with van der Waals surface area (Å²) in [7, 11) is -3.88. The van der Waals surface area contributed by atoms with E-state index in [2.05, 4.69) is 14.7 Å². The normalized spacial score (nSPS) is 11.6. The van der Waals surface area contributed by atoms with Crippen molar-refractivity contribution < 1.29 is 22.1 Å². The van der Waals surface area contributed by atoms with Gasteiger partial charge in [0.25, 0.3) is 10.1 Å². The highest BCUT2D eigenvalue weighted by atomic mass is 32.2. The Morgan fingerprint density at radius 2 is 2.06 bits per heavy atom. The van der Waals surface area contributed by atoms with Crippen LogP contribution in [0.4, 0.5) is 0 Å². The maximum absolute atomic E-state index is 10.6. The fourth-order valence-corrected chi connectivity index (χ4v) is 1.98. The van der Waals surface area contributed by atoms with Gasteiger partial charge in [0, 0.05) is 24.1 Å². The van der Waals surface area contributed by atoms with Crippen LogP contribution >= 0.6 is 0 Å². The van der Waals surface area contributed by atoms with Gasteiger partial charge in [-0.15, -0.1) is 0 Å². The van der Waals surface area contributed by atoms with Gasteiger partial charge in [-0.3, -0.25) is 4.55 Å². The second kappa shape index (κ2) is 5.23. The van der Waals surface area contributed by atoms with Crippen molar-refractivity contribution >= 4 is 10.1 Å². The third kappa shape index (κ3) is 3.60. The van der Waals surface area contributed by atoms with Crippen LogP contribution in [0, 0.1) is 0 Å². The Morgan fingerprint density at radius 3 is 2.61 bits per heavy atom. The molecule has 0 aliphatic heterocycles. The molecule has 0 saturated carbocycles. The second-order valence-corrected chi connectivity index (χ2v) is 5.29. The molecular formula is C10H12N3O4S+. The van der Waals surface area contributed by atoms with Crippen LogP contribution in [-0.2, 0) is 16.7 Å². The zero-order chi connectivity index (χ0) is 13.0. The van der Waals surface area contributed by atoms with E-state index in [1.54, 1.807) is 24.5 Å². The maximum atomic E-state index is 10.6. The van der Waals surface area contributed by atoms with Crippen molar-refractivity contribution in [3.05, 3.63) is 30.9 Å². The van der Waals surface area contributed by atoms with Crippen LogP contribution in [0.2, 0.25) is 0 Å². The van der Waals surface area contributed by atoms with Crippen LogP contribution in [0.25, 0.3) is 11.4 Å². The zero-order valence-electron chi connectivity index (χ0n) is 9.43. The van der Waals surface area contributed by atoms with Gasteiger partial charge in [-0.05, 0) is 0 Å². The zero-order valence-corrected chi connectivity index (χ0v) is 10.2. The molecular weight excluding hydrogens is 258 g/mol. The first-order valence-electron chi connectivity index (χ1n) is 5.25. The molecule has 0 fully saturated rings. The van der Waals surface area contributed by atoms with E-state index < -0.39 is 10.1 Å². The van der Waals surface area contributed by atoms with Gasteiger partial charge >= 0.3 is 0 Å². The molecule has 0 atom stereocenters. The van der Waals surface area contributed by atoms with Crippen LogP contribution in [-0.4, -0.2) is 28.9 Å². The predicted molar refractivity (Wildman–Crippen MR) is 61.0 cm³/mol. The number of rotatable bonds is 5. The monoisotopic (exact) mass is 270 g/mol. The lowest BCUT2D eigenvalue weighted by atomic mass is 10.2. The van der Waals surface area contributed by atoms with Crippen molar-refractivity contribution in [1.29, 1.82) is 0 Å². The number of nitrogens with zero attached hydrogens (tertiary/aromatic N) is 3. The molecule has 0 aliphatic carbocycles. The molecule has 0 aromatic carbocycles. The topological polar surface area (TPSA) is 97.2 Å². The molecule has 1 N–H and O–H groups in total. The third-order valence-electron chi connectivity index (χ3n) is 2.33. The molecule has 2 aromatic heterocycles. The highest BCUT2D eigenvalue weighted by Gasteiger charge is 2.09. The summed E-state index contributed by atoms with van der Waals surface area (Å²) >= 11 is 0. The molecule has 0 unspecified atom stereocenters. The molecule has 18 heavy (non-hydrogen) atoms. The van der Waals surface area contributed by atoms with Crippen LogP contribution in [0.5, 0.6) is 0 Å². The Morgan fingerprint density at radius 1 is 1.33 bits per heavy atom. The number of hydrogen-bond donors (Lipinski definition) is 1. The van der Waals surface area contributed by atoms with Crippen molar-refractivity contribution in [2.24, 2.45) is 0 Å². The summed E-state index contributed by atoms with van der Waals surface area (Å²) in [5.74, 6) is 0.257. The first-order valence-corrected chi connectivity index (χ1v) is 6.86. The van der Waals surface area contributed by atoms with Crippen molar-refractivity contribution in [2.75, 3.05) is 5.75 Å². The Labute approximate surface area is 104 Å². The first kappa shape index (κ1) is 12.7. The molecule has 96 valence electrons. The quantitative estimate of drug-likeness (QED) is 0.620. The average Bonchev–Trinajstić information content (AvgIpc) is 2.82. The summed E-state index contributed by atoms with van der Waals surface area (Å²) in [5, 5.41) is 3.70. The fourth-order valence-electron chi connectivity index (χ4n) is 1.48. The van der Waals surface area contributed by atoms with Crippen LogP contribution in [0.1, 0.15) is 6.42 Å². The fraction of sp³-hybridized carbons (Fsp3) is 0.300. The third-order valence-corrected chi connectivity index (χ3v) is 3.13. The maximum Gasteiger partial charge on any atom is 0.265 e. The molecule has 0 saturated heterocycles. The summed E-state index contributed by atoms with van der Waals surface area (Å²) in [6.45, 7) is 0.506. The number of hydrogen-bond acceptors (Lipinski definition) is 5. The molecule has 0 radical (unpaired) electrons. The highest BCUT2D eigenvalue weighted by molar-refractivity contribution is 7.85. The number of aryl methyl sites for hydroxylation is 1. The Bertz CT molecular complexity index is 593. The predicted octanol–water partition coefficient (Wildman–Crippen LogP) is 0.302. The van der Waals surface area contributed by atoms with Gasteiger partial charge in [-0.25, -0.2) is 4.57 Å². The lowest BCUT2D eigenvalue weighted by Crippen LogP contribution is -2.33. The molecule has 2 heterocycles. The van der Waals surface area contributed by atoms with Crippen LogP contribution in [0.15, 0.2) is 35.4 Å². The second-order valence-electron chi connectivity index (χ2n) is 3.72. The molecule has 0 amide bonds. The standard InChI is InChI=1S/C10H11N3O4S/c14-18(15,16)7-1-4-13-5-2-9(3-6-13)10-11-8-17-12-10/h2-3,5-6,8H,1,4,7H2/p+1. The summed E-state index contributed by atoms with van der Waals surface area (Å²) in [6, 6.07) is 3.61. The van der Waals surface area contributed by atoms with E-state index in [-0.39, 0.29) is 5.75 Å². The van der Waals surface area contributed by atoms with Crippen LogP contribution in [0.3, 0.4) is 0 Å². The van der Waals surface area contributed by atoms with Crippen molar-refractivity contribution in [2.45, 2.75) is 13.0 Å². The molecule has 2 rings (SSSR count). The first-order chi connectivity index (χ1) is 8.54. The van der Waals surface area contributed by atoms with E-state index in [1.807, 2.05) is 4.57 Å².